The summed E-state index contributed by atoms with van der Waals surface area (Å²) in [7, 11) is 0. The highest BCUT2D eigenvalue weighted by Crippen LogP contribution is 2.22. The number of halogens is 1. The van der Waals surface area contributed by atoms with E-state index in [4.69, 9.17) is 4.74 Å². The Balaban J connectivity index is 1.77. The summed E-state index contributed by atoms with van der Waals surface area (Å²) in [6, 6.07) is 13.0. The van der Waals surface area contributed by atoms with Crippen molar-refractivity contribution in [2.75, 3.05) is 17.2 Å². The summed E-state index contributed by atoms with van der Waals surface area (Å²) in [5.74, 6) is -1.28. The van der Waals surface area contributed by atoms with Gasteiger partial charge in [0.1, 0.15) is 0 Å². The van der Waals surface area contributed by atoms with E-state index in [1.54, 1.807) is 12.1 Å². The van der Waals surface area contributed by atoms with Gasteiger partial charge in [-0.3, -0.25) is 14.4 Å². The second-order valence-electron chi connectivity index (χ2n) is 6.42. The van der Waals surface area contributed by atoms with Gasteiger partial charge in [-0.25, -0.2) is 0 Å². The van der Waals surface area contributed by atoms with E-state index in [9.17, 15) is 14.4 Å². The molecule has 154 valence electrons. The summed E-state index contributed by atoms with van der Waals surface area (Å²) in [6.45, 7) is 3.65. The molecule has 0 aliphatic rings. The van der Waals surface area contributed by atoms with Gasteiger partial charge in [0.05, 0.1) is 6.42 Å². The molecule has 2 N–H and O–H groups in total. The van der Waals surface area contributed by atoms with Gasteiger partial charge in [0.25, 0.3) is 5.91 Å². The normalized spacial score (nSPS) is 10.3. The van der Waals surface area contributed by atoms with E-state index in [0.29, 0.717) is 5.69 Å². The molecule has 0 heterocycles. The number of aryl methyl sites for hydroxylation is 2. The zero-order chi connectivity index (χ0) is 21.2. The van der Waals surface area contributed by atoms with Crippen LogP contribution in [0.5, 0.6) is 0 Å². The Labute approximate surface area is 179 Å². The number of ether oxygens (including phenoxy) is 1. The molecule has 0 bridgehead atoms. The van der Waals surface area contributed by atoms with Gasteiger partial charge in [-0.2, -0.15) is 0 Å². The molecule has 2 amide bonds. The van der Waals surface area contributed by atoms with E-state index in [-0.39, 0.29) is 25.4 Å². The van der Waals surface area contributed by atoms with E-state index in [0.717, 1.165) is 34.1 Å². The third-order valence-corrected chi connectivity index (χ3v) is 4.84. The monoisotopic (exact) mass is 460 g/mol. The third-order valence-electron chi connectivity index (χ3n) is 4.31. The van der Waals surface area contributed by atoms with E-state index in [2.05, 4.69) is 26.6 Å². The van der Waals surface area contributed by atoms with Gasteiger partial charge in [0.15, 0.2) is 6.61 Å². The van der Waals surface area contributed by atoms with Crippen LogP contribution in [-0.2, 0) is 32.0 Å². The first-order chi connectivity index (χ1) is 13.9. The van der Waals surface area contributed by atoms with Crippen LogP contribution in [0.25, 0.3) is 0 Å². The molecule has 0 atom stereocenters. The summed E-state index contributed by atoms with van der Waals surface area (Å²) in [5.41, 5.74) is 3.50. The molecule has 0 saturated carbocycles. The number of para-hydroxylation sites is 1. The van der Waals surface area contributed by atoms with E-state index in [1.807, 2.05) is 44.2 Å². The number of carbonyl (C=O) groups excluding carboxylic acids is 3. The Morgan fingerprint density at radius 1 is 0.862 bits per heavy atom. The molecule has 7 heteroatoms. The average molecular weight is 461 g/mol. The van der Waals surface area contributed by atoms with Crippen molar-refractivity contribution in [3.63, 3.8) is 0 Å². The minimum absolute atomic E-state index is 0.0187. The van der Waals surface area contributed by atoms with Crippen molar-refractivity contribution >= 4 is 45.1 Å². The SMILES string of the molecule is CCc1cccc(CC)c1NC(=O)COC(=O)CCC(=O)Nc1ccc(Br)cc1. The predicted molar refractivity (Wildman–Crippen MR) is 117 cm³/mol. The van der Waals surface area contributed by atoms with Crippen molar-refractivity contribution < 1.29 is 19.1 Å². The molecule has 0 spiro atoms. The molecular formula is C22H25BrN2O4. The number of nitrogens with one attached hydrogen (secondary N) is 2. The Morgan fingerprint density at radius 2 is 1.48 bits per heavy atom. The van der Waals surface area contributed by atoms with Crippen LogP contribution in [0.1, 0.15) is 37.8 Å². The number of amides is 2. The van der Waals surface area contributed by atoms with Gasteiger partial charge in [-0.15, -0.1) is 0 Å². The van der Waals surface area contributed by atoms with E-state index >= 15 is 0 Å². The van der Waals surface area contributed by atoms with Gasteiger partial charge in [-0.05, 0) is 48.2 Å². The van der Waals surface area contributed by atoms with Crippen LogP contribution in [-0.4, -0.2) is 24.4 Å². The Kier molecular flexibility index (Phi) is 8.86. The number of anilines is 2. The third kappa shape index (κ3) is 7.34. The first-order valence-electron chi connectivity index (χ1n) is 9.54. The fourth-order valence-electron chi connectivity index (χ4n) is 2.77. The van der Waals surface area contributed by atoms with Crippen molar-refractivity contribution in [1.29, 1.82) is 0 Å². The van der Waals surface area contributed by atoms with Crippen molar-refractivity contribution in [3.8, 4) is 0 Å². The summed E-state index contributed by atoms with van der Waals surface area (Å²) >= 11 is 3.32. The van der Waals surface area contributed by atoms with Crippen LogP contribution in [0.2, 0.25) is 0 Å². The highest BCUT2D eigenvalue weighted by atomic mass is 79.9. The molecule has 0 radical (unpaired) electrons. The molecule has 6 nitrogen and oxygen atoms in total. The Bertz CT molecular complexity index is 843. The summed E-state index contributed by atoms with van der Waals surface area (Å²) in [5, 5.41) is 5.54. The number of rotatable bonds is 9. The van der Waals surface area contributed by atoms with Crippen LogP contribution in [0.15, 0.2) is 46.9 Å². The second kappa shape index (κ2) is 11.4. The highest BCUT2D eigenvalue weighted by molar-refractivity contribution is 9.10. The lowest BCUT2D eigenvalue weighted by molar-refractivity contribution is -0.147. The zero-order valence-corrected chi connectivity index (χ0v) is 18.2. The van der Waals surface area contributed by atoms with Gasteiger partial charge < -0.3 is 15.4 Å². The predicted octanol–water partition coefficient (Wildman–Crippen LogP) is 4.47. The van der Waals surface area contributed by atoms with Crippen LogP contribution >= 0.6 is 15.9 Å². The maximum atomic E-state index is 12.2. The Hall–Kier alpha value is -2.67. The average Bonchev–Trinajstić information content (AvgIpc) is 2.72. The molecule has 2 aromatic rings. The molecule has 0 aliphatic heterocycles. The maximum Gasteiger partial charge on any atom is 0.306 e. The molecule has 0 aromatic heterocycles. The van der Waals surface area contributed by atoms with Crippen molar-refractivity contribution in [1.82, 2.24) is 0 Å². The first kappa shape index (κ1) is 22.6. The lowest BCUT2D eigenvalue weighted by atomic mass is 10.0. The minimum Gasteiger partial charge on any atom is -0.456 e. The molecule has 0 saturated heterocycles. The second-order valence-corrected chi connectivity index (χ2v) is 7.34. The highest BCUT2D eigenvalue weighted by Gasteiger charge is 2.13. The molecule has 29 heavy (non-hydrogen) atoms. The molecule has 0 unspecified atom stereocenters. The van der Waals surface area contributed by atoms with Gasteiger partial charge in [0, 0.05) is 22.3 Å². The Morgan fingerprint density at radius 3 is 2.07 bits per heavy atom. The van der Waals surface area contributed by atoms with Gasteiger partial charge in [-0.1, -0.05) is 48.0 Å². The zero-order valence-electron chi connectivity index (χ0n) is 16.6. The van der Waals surface area contributed by atoms with Crippen LogP contribution in [0.4, 0.5) is 11.4 Å². The van der Waals surface area contributed by atoms with E-state index < -0.39 is 11.9 Å². The van der Waals surface area contributed by atoms with E-state index in [1.165, 1.54) is 0 Å². The van der Waals surface area contributed by atoms with Crippen molar-refractivity contribution in [3.05, 3.63) is 58.1 Å². The standard InChI is InChI=1S/C22H25BrN2O4/c1-3-15-6-5-7-16(4-2)22(15)25-20(27)14-29-21(28)13-12-19(26)24-18-10-8-17(23)9-11-18/h5-11H,3-4,12-14H2,1-2H3,(H,24,26)(H,25,27). The maximum absolute atomic E-state index is 12.2. The summed E-state index contributed by atoms with van der Waals surface area (Å²) in [6.07, 6.45) is 1.46. The van der Waals surface area contributed by atoms with Crippen LogP contribution < -0.4 is 10.6 Å². The fourth-order valence-corrected chi connectivity index (χ4v) is 3.03. The topological polar surface area (TPSA) is 84.5 Å². The lowest BCUT2D eigenvalue weighted by Crippen LogP contribution is -2.23. The first-order valence-corrected chi connectivity index (χ1v) is 10.3. The largest absolute Gasteiger partial charge is 0.456 e. The quantitative estimate of drug-likeness (QED) is 0.540. The number of carbonyl (C=O) groups is 3. The van der Waals surface area contributed by atoms with Gasteiger partial charge >= 0.3 is 5.97 Å². The summed E-state index contributed by atoms with van der Waals surface area (Å²) < 4.78 is 5.91. The number of benzene rings is 2. The molecule has 0 aliphatic carbocycles. The van der Waals surface area contributed by atoms with Crippen LogP contribution in [0.3, 0.4) is 0 Å². The van der Waals surface area contributed by atoms with Crippen molar-refractivity contribution in [2.45, 2.75) is 39.5 Å². The number of hydrogen-bond acceptors (Lipinski definition) is 4. The minimum atomic E-state index is -0.592. The number of hydrogen-bond donors (Lipinski definition) is 2. The lowest BCUT2D eigenvalue weighted by Gasteiger charge is -2.14. The fraction of sp³-hybridized carbons (Fsp3) is 0.318. The number of esters is 1. The molecule has 2 rings (SSSR count). The van der Waals surface area contributed by atoms with Gasteiger partial charge in [0.2, 0.25) is 5.91 Å². The molecular weight excluding hydrogens is 436 g/mol. The van der Waals surface area contributed by atoms with Crippen LogP contribution in [0, 0.1) is 0 Å². The smallest absolute Gasteiger partial charge is 0.306 e. The van der Waals surface area contributed by atoms with Crippen molar-refractivity contribution in [2.24, 2.45) is 0 Å². The summed E-state index contributed by atoms with van der Waals surface area (Å²) in [4.78, 5) is 36.0. The molecule has 2 aromatic carbocycles. The molecule has 0 fully saturated rings.